The second-order valence-electron chi connectivity index (χ2n) is 2.67. The van der Waals surface area contributed by atoms with Gasteiger partial charge in [0.2, 0.25) is 0 Å². The minimum atomic E-state index is 0.404. The maximum absolute atomic E-state index is 5.23. The molecule has 0 saturated heterocycles. The van der Waals surface area contributed by atoms with Gasteiger partial charge < -0.3 is 10.1 Å². The molecule has 0 amide bonds. The first-order chi connectivity index (χ1) is 5.22. The van der Waals surface area contributed by atoms with E-state index in [1.54, 1.807) is 0 Å². The average molecular weight is 157 g/mol. The topological polar surface area (TPSA) is 21.3 Å². The maximum Gasteiger partial charge on any atom is 0.0483 e. The first kappa shape index (κ1) is 10.7. The average Bonchev–Trinajstić information content (AvgIpc) is 1.97. The summed E-state index contributed by atoms with van der Waals surface area (Å²) < 4.78 is 5.23. The Balaban J connectivity index is 3.44. The van der Waals surface area contributed by atoms with Crippen molar-refractivity contribution < 1.29 is 4.74 Å². The van der Waals surface area contributed by atoms with Gasteiger partial charge in [0.25, 0.3) is 0 Å². The molecule has 0 spiro atoms. The van der Waals surface area contributed by atoms with Crippen LogP contribution in [0.1, 0.15) is 20.3 Å². The molecule has 0 heterocycles. The lowest BCUT2D eigenvalue weighted by Crippen LogP contribution is -2.27. The summed E-state index contributed by atoms with van der Waals surface area (Å²) in [6.07, 6.45) is 1.01. The van der Waals surface area contributed by atoms with E-state index < -0.39 is 0 Å². The summed E-state index contributed by atoms with van der Waals surface area (Å²) in [6, 6.07) is 0.404. The number of hydrogen-bond acceptors (Lipinski definition) is 2. The highest BCUT2D eigenvalue weighted by molar-refractivity contribution is 5.00. The van der Waals surface area contributed by atoms with E-state index in [2.05, 4.69) is 11.9 Å². The van der Waals surface area contributed by atoms with Gasteiger partial charge in [-0.15, -0.1) is 0 Å². The molecule has 0 aromatic carbocycles. The van der Waals surface area contributed by atoms with Gasteiger partial charge in [-0.25, -0.2) is 0 Å². The molecule has 1 N–H and O–H groups in total. The zero-order valence-electron chi connectivity index (χ0n) is 7.81. The third-order valence-electron chi connectivity index (χ3n) is 1.70. The van der Waals surface area contributed by atoms with Crippen molar-refractivity contribution in [1.82, 2.24) is 5.32 Å². The Morgan fingerprint density at radius 3 is 2.64 bits per heavy atom. The van der Waals surface area contributed by atoms with Crippen molar-refractivity contribution in [2.45, 2.75) is 26.3 Å². The van der Waals surface area contributed by atoms with E-state index in [-0.39, 0.29) is 0 Å². The van der Waals surface area contributed by atoms with Gasteiger partial charge in [0.05, 0.1) is 0 Å². The van der Waals surface area contributed by atoms with Crippen LogP contribution in [0.4, 0.5) is 0 Å². The minimum absolute atomic E-state index is 0.404. The molecule has 0 fully saturated rings. The molecular weight excluding hydrogens is 138 g/mol. The van der Waals surface area contributed by atoms with Gasteiger partial charge in [-0.3, -0.25) is 0 Å². The lowest BCUT2D eigenvalue weighted by Gasteiger charge is -2.15. The van der Waals surface area contributed by atoms with Crippen molar-refractivity contribution in [2.24, 2.45) is 0 Å². The molecule has 2 heteroatoms. The third-order valence-corrected chi connectivity index (χ3v) is 1.70. The number of likely N-dealkylation sites (N-methyl/N-ethyl adjacent to an activating group) is 1. The van der Waals surface area contributed by atoms with E-state index in [0.29, 0.717) is 6.04 Å². The lowest BCUT2D eigenvalue weighted by atomic mass is 10.1. The Labute approximate surface area is 69.6 Å². The molecular formula is C9H19NO. The van der Waals surface area contributed by atoms with Crippen LogP contribution in [0.2, 0.25) is 0 Å². The predicted molar refractivity (Wildman–Crippen MR) is 48.8 cm³/mol. The molecule has 0 radical (unpaired) electrons. The third kappa shape index (κ3) is 4.99. The largest absolute Gasteiger partial charge is 0.382 e. The molecule has 0 aromatic rings. The molecule has 0 bridgehead atoms. The summed E-state index contributed by atoms with van der Waals surface area (Å²) >= 11 is 0. The van der Waals surface area contributed by atoms with Crippen molar-refractivity contribution >= 4 is 0 Å². The molecule has 0 aliphatic rings. The van der Waals surface area contributed by atoms with Crippen molar-refractivity contribution in [1.29, 1.82) is 0 Å². The van der Waals surface area contributed by atoms with Crippen LogP contribution in [0.25, 0.3) is 0 Å². The van der Waals surface area contributed by atoms with Gasteiger partial charge in [-0.1, -0.05) is 12.2 Å². The van der Waals surface area contributed by atoms with E-state index in [9.17, 15) is 0 Å². The number of hydrogen-bond donors (Lipinski definition) is 1. The van der Waals surface area contributed by atoms with Gasteiger partial charge in [0, 0.05) is 19.3 Å². The number of nitrogens with one attached hydrogen (secondary N) is 1. The van der Waals surface area contributed by atoms with E-state index in [0.717, 1.165) is 19.6 Å². The van der Waals surface area contributed by atoms with Crippen LogP contribution in [-0.4, -0.2) is 26.3 Å². The van der Waals surface area contributed by atoms with Crippen molar-refractivity contribution in [3.05, 3.63) is 12.2 Å². The fraction of sp³-hybridized carbons (Fsp3) is 0.778. The van der Waals surface area contributed by atoms with Crippen molar-refractivity contribution in [3.8, 4) is 0 Å². The standard InChI is InChI=1S/C9H19NO/c1-5-11-7-6-9(10-4)8(2)3/h9-10H,2,5-7H2,1,3-4H3. The molecule has 0 rings (SSSR count). The smallest absolute Gasteiger partial charge is 0.0483 e. The molecule has 1 atom stereocenters. The van der Waals surface area contributed by atoms with E-state index in [1.165, 1.54) is 5.57 Å². The van der Waals surface area contributed by atoms with Crippen LogP contribution < -0.4 is 5.32 Å². The van der Waals surface area contributed by atoms with Crippen LogP contribution in [0.3, 0.4) is 0 Å². The Morgan fingerprint density at radius 1 is 1.64 bits per heavy atom. The summed E-state index contributed by atoms with van der Waals surface area (Å²) in [5.74, 6) is 0. The molecule has 0 saturated carbocycles. The minimum Gasteiger partial charge on any atom is -0.382 e. The SMILES string of the molecule is C=C(C)C(CCOCC)NC. The molecule has 2 nitrogen and oxygen atoms in total. The van der Waals surface area contributed by atoms with E-state index in [4.69, 9.17) is 4.74 Å². The molecule has 0 aliphatic carbocycles. The van der Waals surface area contributed by atoms with Gasteiger partial charge in [0.15, 0.2) is 0 Å². The van der Waals surface area contributed by atoms with E-state index >= 15 is 0 Å². The Morgan fingerprint density at radius 2 is 2.27 bits per heavy atom. The van der Waals surface area contributed by atoms with Crippen molar-refractivity contribution in [3.63, 3.8) is 0 Å². The second kappa shape index (κ2) is 6.38. The highest BCUT2D eigenvalue weighted by atomic mass is 16.5. The zero-order chi connectivity index (χ0) is 8.69. The first-order valence-corrected chi connectivity index (χ1v) is 4.12. The molecule has 0 aliphatic heterocycles. The molecule has 11 heavy (non-hydrogen) atoms. The van der Waals surface area contributed by atoms with Crippen molar-refractivity contribution in [2.75, 3.05) is 20.3 Å². The van der Waals surface area contributed by atoms with Crippen LogP contribution >= 0.6 is 0 Å². The quantitative estimate of drug-likeness (QED) is 0.467. The van der Waals surface area contributed by atoms with Crippen LogP contribution in [0, 0.1) is 0 Å². The van der Waals surface area contributed by atoms with Gasteiger partial charge >= 0.3 is 0 Å². The summed E-state index contributed by atoms with van der Waals surface area (Å²) in [5.41, 5.74) is 1.17. The fourth-order valence-corrected chi connectivity index (χ4v) is 0.983. The lowest BCUT2D eigenvalue weighted by molar-refractivity contribution is 0.140. The highest BCUT2D eigenvalue weighted by Crippen LogP contribution is 2.02. The first-order valence-electron chi connectivity index (χ1n) is 4.12. The predicted octanol–water partition coefficient (Wildman–Crippen LogP) is 1.58. The highest BCUT2D eigenvalue weighted by Gasteiger charge is 2.04. The van der Waals surface area contributed by atoms with Gasteiger partial charge in [-0.05, 0) is 27.3 Å². The fourth-order valence-electron chi connectivity index (χ4n) is 0.983. The van der Waals surface area contributed by atoms with E-state index in [1.807, 2.05) is 20.9 Å². The molecule has 66 valence electrons. The Bertz CT molecular complexity index is 112. The molecule has 1 unspecified atom stereocenters. The number of ether oxygens (including phenoxy) is 1. The van der Waals surface area contributed by atoms with Gasteiger partial charge in [0.1, 0.15) is 0 Å². The summed E-state index contributed by atoms with van der Waals surface area (Å²) in [4.78, 5) is 0. The van der Waals surface area contributed by atoms with Crippen LogP contribution in [0.5, 0.6) is 0 Å². The Kier molecular flexibility index (Phi) is 6.18. The summed E-state index contributed by atoms with van der Waals surface area (Å²) in [7, 11) is 1.95. The molecule has 0 aromatic heterocycles. The van der Waals surface area contributed by atoms with Crippen LogP contribution in [0.15, 0.2) is 12.2 Å². The Hall–Kier alpha value is -0.340. The number of rotatable bonds is 6. The van der Waals surface area contributed by atoms with Gasteiger partial charge in [-0.2, -0.15) is 0 Å². The zero-order valence-corrected chi connectivity index (χ0v) is 7.81. The normalized spacial score (nSPS) is 13.0. The summed E-state index contributed by atoms with van der Waals surface area (Å²) in [6.45, 7) is 9.54. The second-order valence-corrected chi connectivity index (χ2v) is 2.67. The van der Waals surface area contributed by atoms with Crippen LogP contribution in [-0.2, 0) is 4.74 Å². The monoisotopic (exact) mass is 157 g/mol. The maximum atomic E-state index is 5.23. The summed E-state index contributed by atoms with van der Waals surface area (Å²) in [5, 5.41) is 3.18.